The standard InChI is InChI=1S/C21H20ClN3O4S/c1-3-25-18(26)12-17(19(27)23-16-6-4-5-14(22)11-16)30-21(25)24-15-9-7-13(8-10-15)20(28)29-2/h4-11,17H,3,12H2,1-2H3,(H,23,27)/t17-/m0/s1. The van der Waals surface area contributed by atoms with E-state index in [0.717, 1.165) is 0 Å². The summed E-state index contributed by atoms with van der Waals surface area (Å²) in [5.74, 6) is -0.906. The molecule has 0 bridgehead atoms. The van der Waals surface area contributed by atoms with Crippen LogP contribution in [0, 0.1) is 0 Å². The lowest BCUT2D eigenvalue weighted by Crippen LogP contribution is -2.45. The molecule has 3 rings (SSSR count). The van der Waals surface area contributed by atoms with Crippen LogP contribution in [0.4, 0.5) is 11.4 Å². The van der Waals surface area contributed by atoms with Crippen molar-refractivity contribution in [1.29, 1.82) is 0 Å². The summed E-state index contributed by atoms with van der Waals surface area (Å²) in [5, 5.41) is 3.12. The Hall–Kier alpha value is -2.84. The van der Waals surface area contributed by atoms with E-state index in [0.29, 0.717) is 33.7 Å². The number of ether oxygens (including phenoxy) is 1. The third kappa shape index (κ3) is 5.20. The molecule has 0 saturated carbocycles. The summed E-state index contributed by atoms with van der Waals surface area (Å²) in [6, 6.07) is 13.3. The molecule has 1 saturated heterocycles. The van der Waals surface area contributed by atoms with Gasteiger partial charge in [0, 0.05) is 23.7 Å². The Morgan fingerprint density at radius 1 is 1.27 bits per heavy atom. The number of carbonyl (C=O) groups excluding carboxylic acids is 3. The van der Waals surface area contributed by atoms with Crippen LogP contribution >= 0.6 is 23.4 Å². The highest BCUT2D eigenvalue weighted by molar-refractivity contribution is 8.15. The topological polar surface area (TPSA) is 88.1 Å². The molecule has 1 N–H and O–H groups in total. The number of hydrogen-bond acceptors (Lipinski definition) is 6. The Morgan fingerprint density at radius 3 is 2.63 bits per heavy atom. The lowest BCUT2D eigenvalue weighted by Gasteiger charge is -2.30. The summed E-state index contributed by atoms with van der Waals surface area (Å²) in [6.07, 6.45) is 0.0746. The zero-order valence-electron chi connectivity index (χ0n) is 16.4. The van der Waals surface area contributed by atoms with Gasteiger partial charge in [-0.1, -0.05) is 29.4 Å². The second-order valence-electron chi connectivity index (χ2n) is 6.38. The zero-order chi connectivity index (χ0) is 21.7. The SMILES string of the molecule is CCN1C(=O)C[C@@H](C(=O)Nc2cccc(Cl)c2)SC1=Nc1ccc(C(=O)OC)cc1. The molecule has 0 radical (unpaired) electrons. The van der Waals surface area contributed by atoms with Crippen molar-refractivity contribution in [2.24, 2.45) is 4.99 Å². The second-order valence-corrected chi connectivity index (χ2v) is 7.99. The van der Waals surface area contributed by atoms with Crippen molar-refractivity contribution in [3.05, 3.63) is 59.1 Å². The minimum absolute atomic E-state index is 0.0746. The maximum absolute atomic E-state index is 12.7. The van der Waals surface area contributed by atoms with E-state index in [2.05, 4.69) is 15.0 Å². The van der Waals surface area contributed by atoms with Crippen molar-refractivity contribution in [3.8, 4) is 0 Å². The average Bonchev–Trinajstić information content (AvgIpc) is 2.73. The fraction of sp³-hybridized carbons (Fsp3) is 0.238. The molecule has 0 spiro atoms. The van der Waals surface area contributed by atoms with Gasteiger partial charge in [0.15, 0.2) is 5.17 Å². The van der Waals surface area contributed by atoms with Gasteiger partial charge in [-0.25, -0.2) is 9.79 Å². The Labute approximate surface area is 183 Å². The largest absolute Gasteiger partial charge is 0.465 e. The second kappa shape index (κ2) is 9.77. The van der Waals surface area contributed by atoms with Crippen LogP contribution in [0.3, 0.4) is 0 Å². The van der Waals surface area contributed by atoms with Crippen LogP contribution in [0.15, 0.2) is 53.5 Å². The van der Waals surface area contributed by atoms with Crippen molar-refractivity contribution in [2.45, 2.75) is 18.6 Å². The Balaban J connectivity index is 1.80. The molecular weight excluding hydrogens is 426 g/mol. The number of hydrogen-bond donors (Lipinski definition) is 1. The number of nitrogens with zero attached hydrogens (tertiary/aromatic N) is 2. The van der Waals surface area contributed by atoms with E-state index < -0.39 is 11.2 Å². The molecule has 1 aliphatic heterocycles. The third-order valence-electron chi connectivity index (χ3n) is 4.35. The van der Waals surface area contributed by atoms with Crippen molar-refractivity contribution in [1.82, 2.24) is 4.90 Å². The molecule has 1 fully saturated rings. The molecule has 1 aliphatic rings. The van der Waals surface area contributed by atoms with Crippen molar-refractivity contribution < 1.29 is 19.1 Å². The number of benzene rings is 2. The summed E-state index contributed by atoms with van der Waals surface area (Å²) >= 11 is 7.19. The average molecular weight is 446 g/mol. The number of anilines is 1. The molecular formula is C21H20ClN3O4S. The Kier molecular flexibility index (Phi) is 7.12. The van der Waals surface area contributed by atoms with Gasteiger partial charge in [0.05, 0.1) is 18.4 Å². The minimum atomic E-state index is -0.618. The summed E-state index contributed by atoms with van der Waals surface area (Å²) in [5.41, 5.74) is 1.53. The maximum atomic E-state index is 12.7. The fourth-order valence-corrected chi connectivity index (χ4v) is 4.19. The first kappa shape index (κ1) is 21.9. The van der Waals surface area contributed by atoms with E-state index in [4.69, 9.17) is 11.6 Å². The van der Waals surface area contributed by atoms with Crippen molar-refractivity contribution in [2.75, 3.05) is 19.0 Å². The molecule has 2 aromatic rings. The fourth-order valence-electron chi connectivity index (χ4n) is 2.84. The van der Waals surface area contributed by atoms with Crippen molar-refractivity contribution >= 4 is 57.7 Å². The molecule has 9 heteroatoms. The molecule has 156 valence electrons. The van der Waals surface area contributed by atoms with Gasteiger partial charge in [0.2, 0.25) is 11.8 Å². The highest BCUT2D eigenvalue weighted by atomic mass is 35.5. The summed E-state index contributed by atoms with van der Waals surface area (Å²) in [6.45, 7) is 2.29. The minimum Gasteiger partial charge on any atom is -0.465 e. The van der Waals surface area contributed by atoms with E-state index in [1.807, 2.05) is 6.92 Å². The number of esters is 1. The molecule has 0 unspecified atom stereocenters. The third-order valence-corrected chi connectivity index (χ3v) is 5.78. The molecule has 7 nitrogen and oxygen atoms in total. The smallest absolute Gasteiger partial charge is 0.337 e. The number of thioether (sulfide) groups is 1. The zero-order valence-corrected chi connectivity index (χ0v) is 18.0. The van der Waals surface area contributed by atoms with Gasteiger partial charge in [-0.05, 0) is 49.4 Å². The first-order chi connectivity index (χ1) is 14.4. The molecule has 0 aromatic heterocycles. The van der Waals surface area contributed by atoms with E-state index in [-0.39, 0.29) is 18.2 Å². The number of nitrogens with one attached hydrogen (secondary N) is 1. The van der Waals surface area contributed by atoms with Crippen LogP contribution in [0.2, 0.25) is 5.02 Å². The first-order valence-electron chi connectivity index (χ1n) is 9.21. The van der Waals surface area contributed by atoms with Gasteiger partial charge in [0.25, 0.3) is 0 Å². The number of amides is 2. The summed E-state index contributed by atoms with van der Waals surface area (Å²) < 4.78 is 4.69. The van der Waals surface area contributed by atoms with E-state index >= 15 is 0 Å². The van der Waals surface area contributed by atoms with Gasteiger partial charge < -0.3 is 10.1 Å². The Bertz CT molecular complexity index is 994. The number of rotatable bonds is 5. The molecule has 30 heavy (non-hydrogen) atoms. The summed E-state index contributed by atoms with van der Waals surface area (Å²) in [4.78, 5) is 43.0. The number of carbonyl (C=O) groups is 3. The van der Waals surface area contributed by atoms with Crippen LogP contribution in [-0.2, 0) is 14.3 Å². The summed E-state index contributed by atoms with van der Waals surface area (Å²) in [7, 11) is 1.31. The predicted octanol–water partition coefficient (Wildman–Crippen LogP) is 4.11. The number of methoxy groups -OCH3 is 1. The lowest BCUT2D eigenvalue weighted by molar-refractivity contribution is -0.129. The highest BCUT2D eigenvalue weighted by Gasteiger charge is 2.35. The van der Waals surface area contributed by atoms with Crippen LogP contribution in [0.5, 0.6) is 0 Å². The van der Waals surface area contributed by atoms with Crippen LogP contribution in [-0.4, -0.2) is 46.8 Å². The lowest BCUT2D eigenvalue weighted by atomic mass is 10.2. The van der Waals surface area contributed by atoms with E-state index in [1.165, 1.54) is 18.9 Å². The van der Waals surface area contributed by atoms with Gasteiger partial charge in [-0.3, -0.25) is 14.5 Å². The first-order valence-corrected chi connectivity index (χ1v) is 10.5. The highest BCUT2D eigenvalue weighted by Crippen LogP contribution is 2.30. The van der Waals surface area contributed by atoms with Gasteiger partial charge >= 0.3 is 5.97 Å². The molecule has 1 heterocycles. The normalized spacial score (nSPS) is 17.7. The van der Waals surface area contributed by atoms with Crippen molar-refractivity contribution in [3.63, 3.8) is 0 Å². The maximum Gasteiger partial charge on any atom is 0.337 e. The molecule has 1 atom stereocenters. The van der Waals surface area contributed by atoms with Crippen LogP contribution < -0.4 is 5.32 Å². The van der Waals surface area contributed by atoms with E-state index in [9.17, 15) is 14.4 Å². The van der Waals surface area contributed by atoms with Crippen LogP contribution in [0.25, 0.3) is 0 Å². The van der Waals surface area contributed by atoms with Crippen LogP contribution in [0.1, 0.15) is 23.7 Å². The van der Waals surface area contributed by atoms with Gasteiger partial charge in [0.1, 0.15) is 5.25 Å². The van der Waals surface area contributed by atoms with Gasteiger partial charge in [-0.2, -0.15) is 0 Å². The Morgan fingerprint density at radius 2 is 2.00 bits per heavy atom. The molecule has 0 aliphatic carbocycles. The number of halogens is 1. The number of amidine groups is 1. The predicted molar refractivity (Wildman–Crippen MR) is 118 cm³/mol. The monoisotopic (exact) mass is 445 g/mol. The molecule has 2 amide bonds. The molecule has 2 aromatic carbocycles. The quantitative estimate of drug-likeness (QED) is 0.700. The van der Waals surface area contributed by atoms with E-state index in [1.54, 1.807) is 53.4 Å². The van der Waals surface area contributed by atoms with Gasteiger partial charge in [-0.15, -0.1) is 0 Å². The number of aliphatic imine (C=N–C) groups is 1.